The summed E-state index contributed by atoms with van der Waals surface area (Å²) < 4.78 is 5.58. The Kier molecular flexibility index (Phi) is 2.64. The molecule has 1 aliphatic heterocycles. The van der Waals surface area contributed by atoms with Crippen LogP contribution >= 0.6 is 0 Å². The Morgan fingerprint density at radius 1 is 1.38 bits per heavy atom. The van der Waals surface area contributed by atoms with Gasteiger partial charge in [0, 0.05) is 6.92 Å². The van der Waals surface area contributed by atoms with Crippen LogP contribution < -0.4 is 10.1 Å². The van der Waals surface area contributed by atoms with Gasteiger partial charge in [0.1, 0.15) is 17.9 Å². The smallest absolute Gasteiger partial charge is 0.217 e. The molecule has 0 radical (unpaired) electrons. The van der Waals surface area contributed by atoms with E-state index in [0.29, 0.717) is 11.3 Å². The molecule has 0 fully saturated rings. The molecule has 2 rings (SSSR count). The predicted molar refractivity (Wildman–Crippen MR) is 58.5 cm³/mol. The first-order chi connectivity index (χ1) is 7.59. The maximum Gasteiger partial charge on any atom is 0.217 e. The quantitative estimate of drug-likeness (QED) is 0.771. The summed E-state index contributed by atoms with van der Waals surface area (Å²) >= 11 is 0. The molecule has 1 amide bonds. The maximum atomic E-state index is 12.1. The van der Waals surface area contributed by atoms with Gasteiger partial charge in [-0.25, -0.2) is 0 Å². The zero-order valence-electron chi connectivity index (χ0n) is 9.19. The van der Waals surface area contributed by atoms with Crippen LogP contribution in [0.15, 0.2) is 24.3 Å². The molecule has 1 N–H and O–H groups in total. The largest absolute Gasteiger partial charge is 0.487 e. The molecule has 1 aromatic carbocycles. The molecule has 1 heterocycles. The second-order valence-corrected chi connectivity index (χ2v) is 3.86. The summed E-state index contributed by atoms with van der Waals surface area (Å²) in [5.74, 6) is 0.263. The maximum absolute atomic E-state index is 12.1. The lowest BCUT2D eigenvalue weighted by Crippen LogP contribution is -2.51. The molecule has 0 aromatic heterocycles. The van der Waals surface area contributed by atoms with E-state index < -0.39 is 6.04 Å². The first-order valence-electron chi connectivity index (χ1n) is 5.16. The summed E-state index contributed by atoms with van der Waals surface area (Å²) in [5, 5.41) is 2.61. The second kappa shape index (κ2) is 3.96. The number of ether oxygens (including phenoxy) is 1. The van der Waals surface area contributed by atoms with Crippen molar-refractivity contribution in [3.8, 4) is 5.75 Å². The second-order valence-electron chi connectivity index (χ2n) is 3.86. The highest BCUT2D eigenvalue weighted by Gasteiger charge is 2.34. The van der Waals surface area contributed by atoms with Crippen molar-refractivity contribution < 1.29 is 14.3 Å². The predicted octanol–water partition coefficient (Wildman–Crippen LogP) is 1.15. The number of para-hydroxylation sites is 1. The van der Waals surface area contributed by atoms with Crippen molar-refractivity contribution in [3.05, 3.63) is 29.8 Å². The van der Waals surface area contributed by atoms with Gasteiger partial charge >= 0.3 is 0 Å². The van der Waals surface area contributed by atoms with E-state index >= 15 is 0 Å². The van der Waals surface area contributed by atoms with Crippen molar-refractivity contribution in [1.29, 1.82) is 0 Å². The highest BCUT2D eigenvalue weighted by Crippen LogP contribution is 2.27. The van der Waals surface area contributed by atoms with Gasteiger partial charge in [0.2, 0.25) is 5.91 Å². The lowest BCUT2D eigenvalue weighted by atomic mass is 9.96. The van der Waals surface area contributed by atoms with E-state index in [9.17, 15) is 9.59 Å². The van der Waals surface area contributed by atoms with Gasteiger partial charge in [0.25, 0.3) is 0 Å². The Labute approximate surface area is 93.6 Å². The number of hydrogen-bond acceptors (Lipinski definition) is 3. The molecule has 4 nitrogen and oxygen atoms in total. The molecule has 0 saturated carbocycles. The molecule has 0 bridgehead atoms. The number of Topliss-reactive ketones (excluding diaryl/α,β-unsaturated/α-hetero) is 1. The van der Waals surface area contributed by atoms with Crippen LogP contribution in [0.1, 0.15) is 24.2 Å². The molecular weight excluding hydrogens is 206 g/mol. The fraction of sp³-hybridized carbons (Fsp3) is 0.333. The molecule has 1 aliphatic rings. The van der Waals surface area contributed by atoms with Gasteiger partial charge in [-0.1, -0.05) is 12.1 Å². The molecule has 1 aromatic rings. The number of carbonyl (C=O) groups excluding carboxylic acids is 2. The first-order valence-corrected chi connectivity index (χ1v) is 5.16. The SMILES string of the molecule is CC(=O)NC1C(=O)c2ccccc2OC1C. The molecule has 2 atom stereocenters. The minimum Gasteiger partial charge on any atom is -0.487 e. The van der Waals surface area contributed by atoms with E-state index in [1.807, 2.05) is 6.07 Å². The Bertz CT molecular complexity index is 442. The number of fused-ring (bicyclic) bond motifs is 1. The molecule has 4 heteroatoms. The van der Waals surface area contributed by atoms with Gasteiger partial charge in [-0.3, -0.25) is 9.59 Å². The van der Waals surface area contributed by atoms with Gasteiger partial charge in [-0.2, -0.15) is 0 Å². The van der Waals surface area contributed by atoms with Gasteiger partial charge in [0.05, 0.1) is 5.56 Å². The van der Waals surface area contributed by atoms with Crippen molar-refractivity contribution in [2.24, 2.45) is 0 Å². The van der Waals surface area contributed by atoms with Gasteiger partial charge in [0.15, 0.2) is 5.78 Å². The van der Waals surface area contributed by atoms with E-state index in [0.717, 1.165) is 0 Å². The number of hydrogen-bond donors (Lipinski definition) is 1. The van der Waals surface area contributed by atoms with Crippen molar-refractivity contribution >= 4 is 11.7 Å². The minimum absolute atomic E-state index is 0.0930. The Balaban J connectivity index is 2.34. The number of carbonyl (C=O) groups is 2. The average Bonchev–Trinajstić information content (AvgIpc) is 2.24. The van der Waals surface area contributed by atoms with Gasteiger partial charge in [-0.05, 0) is 19.1 Å². The van der Waals surface area contributed by atoms with Crippen LogP contribution in [0.4, 0.5) is 0 Å². The number of benzene rings is 1. The van der Waals surface area contributed by atoms with Crippen LogP contribution in [0.5, 0.6) is 5.75 Å². The molecular formula is C12H13NO3. The first kappa shape index (κ1) is 10.7. The molecule has 0 saturated heterocycles. The van der Waals surface area contributed by atoms with Crippen LogP contribution in [0.2, 0.25) is 0 Å². The fourth-order valence-corrected chi connectivity index (χ4v) is 1.82. The standard InChI is InChI=1S/C12H13NO3/c1-7-11(13-8(2)14)12(15)9-5-3-4-6-10(9)16-7/h3-7,11H,1-2H3,(H,13,14). The summed E-state index contributed by atoms with van der Waals surface area (Å²) in [4.78, 5) is 23.1. The summed E-state index contributed by atoms with van der Waals surface area (Å²) in [7, 11) is 0. The average molecular weight is 219 g/mol. The monoisotopic (exact) mass is 219 g/mol. The highest BCUT2D eigenvalue weighted by molar-refractivity contribution is 6.05. The molecule has 0 spiro atoms. The van der Waals surface area contributed by atoms with E-state index in [4.69, 9.17) is 4.74 Å². The Morgan fingerprint density at radius 3 is 2.75 bits per heavy atom. The molecule has 0 aliphatic carbocycles. The van der Waals surface area contributed by atoms with Gasteiger partial charge in [-0.15, -0.1) is 0 Å². The van der Waals surface area contributed by atoms with E-state index in [2.05, 4.69) is 5.32 Å². The van der Waals surface area contributed by atoms with Crippen LogP contribution in [-0.4, -0.2) is 23.8 Å². The Morgan fingerprint density at radius 2 is 2.06 bits per heavy atom. The lowest BCUT2D eigenvalue weighted by molar-refractivity contribution is -0.120. The summed E-state index contributed by atoms with van der Waals surface area (Å²) in [6.07, 6.45) is -0.341. The van der Waals surface area contributed by atoms with E-state index in [-0.39, 0.29) is 17.8 Å². The normalized spacial score (nSPS) is 23.2. The number of amides is 1. The molecule has 2 unspecified atom stereocenters. The third-order valence-electron chi connectivity index (χ3n) is 2.58. The van der Waals surface area contributed by atoms with E-state index in [1.54, 1.807) is 25.1 Å². The minimum atomic E-state index is -0.590. The number of rotatable bonds is 1. The number of ketones is 1. The van der Waals surface area contributed by atoms with E-state index in [1.165, 1.54) is 6.92 Å². The molecule has 16 heavy (non-hydrogen) atoms. The van der Waals surface area contributed by atoms with Crippen LogP contribution in [0.3, 0.4) is 0 Å². The van der Waals surface area contributed by atoms with Crippen molar-refractivity contribution in [1.82, 2.24) is 5.32 Å². The molecule has 84 valence electrons. The van der Waals surface area contributed by atoms with Crippen LogP contribution in [-0.2, 0) is 4.79 Å². The topological polar surface area (TPSA) is 55.4 Å². The third-order valence-corrected chi connectivity index (χ3v) is 2.58. The van der Waals surface area contributed by atoms with Crippen molar-refractivity contribution in [2.45, 2.75) is 26.0 Å². The summed E-state index contributed by atoms with van der Waals surface area (Å²) in [5.41, 5.74) is 0.527. The summed E-state index contributed by atoms with van der Waals surface area (Å²) in [6, 6.07) is 6.47. The van der Waals surface area contributed by atoms with Crippen LogP contribution in [0.25, 0.3) is 0 Å². The third kappa shape index (κ3) is 1.78. The lowest BCUT2D eigenvalue weighted by Gasteiger charge is -2.30. The zero-order valence-corrected chi connectivity index (χ0v) is 9.19. The Hall–Kier alpha value is -1.84. The van der Waals surface area contributed by atoms with Crippen LogP contribution in [0, 0.1) is 0 Å². The van der Waals surface area contributed by atoms with Gasteiger partial charge < -0.3 is 10.1 Å². The summed E-state index contributed by atoms with van der Waals surface area (Å²) in [6.45, 7) is 3.16. The van der Waals surface area contributed by atoms with Crippen molar-refractivity contribution in [3.63, 3.8) is 0 Å². The zero-order chi connectivity index (χ0) is 11.7. The van der Waals surface area contributed by atoms with Crippen molar-refractivity contribution in [2.75, 3.05) is 0 Å². The fourth-order valence-electron chi connectivity index (χ4n) is 1.82. The highest BCUT2D eigenvalue weighted by atomic mass is 16.5. The number of nitrogens with one attached hydrogen (secondary N) is 1.